The van der Waals surface area contributed by atoms with Crippen LogP contribution in [0.3, 0.4) is 0 Å². The fourth-order valence-corrected chi connectivity index (χ4v) is 1.82. The van der Waals surface area contributed by atoms with Crippen LogP contribution in [0.4, 0.5) is 0 Å². The van der Waals surface area contributed by atoms with E-state index in [-0.39, 0.29) is 6.04 Å². The number of hydrogen-bond donors (Lipinski definition) is 1. The molecular weight excluding hydrogens is 220 g/mol. The van der Waals surface area contributed by atoms with Gasteiger partial charge in [0.15, 0.2) is 0 Å². The van der Waals surface area contributed by atoms with Crippen LogP contribution in [0, 0.1) is 6.92 Å². The molecule has 0 fully saturated rings. The van der Waals surface area contributed by atoms with Crippen molar-refractivity contribution >= 4 is 11.6 Å². The average molecular weight is 233 g/mol. The van der Waals surface area contributed by atoms with E-state index in [1.54, 1.807) is 6.20 Å². The van der Waals surface area contributed by atoms with Crippen LogP contribution in [0.25, 0.3) is 0 Å². The Morgan fingerprint density at radius 2 is 1.94 bits per heavy atom. The number of nitrogens with zero attached hydrogens (tertiary/aromatic N) is 1. The molecule has 0 saturated carbocycles. The van der Waals surface area contributed by atoms with Crippen molar-refractivity contribution in [3.63, 3.8) is 0 Å². The highest BCUT2D eigenvalue weighted by Gasteiger charge is 2.11. The first-order valence-corrected chi connectivity index (χ1v) is 5.49. The Bertz CT molecular complexity index is 480. The summed E-state index contributed by atoms with van der Waals surface area (Å²) in [4.78, 5) is 4.23. The minimum atomic E-state index is -0.221. The van der Waals surface area contributed by atoms with Gasteiger partial charge in [0, 0.05) is 16.9 Å². The molecule has 1 unspecified atom stereocenters. The lowest BCUT2D eigenvalue weighted by molar-refractivity contribution is 0.860. The summed E-state index contributed by atoms with van der Waals surface area (Å²) in [6, 6.07) is 11.3. The van der Waals surface area contributed by atoms with Gasteiger partial charge in [-0.25, -0.2) is 0 Å². The molecule has 0 radical (unpaired) electrons. The molecular formula is C13H13ClN2. The highest BCUT2D eigenvalue weighted by molar-refractivity contribution is 6.31. The molecule has 1 aromatic carbocycles. The molecule has 82 valence electrons. The van der Waals surface area contributed by atoms with Gasteiger partial charge in [0.25, 0.3) is 0 Å². The van der Waals surface area contributed by atoms with E-state index in [1.165, 1.54) is 0 Å². The van der Waals surface area contributed by atoms with Crippen molar-refractivity contribution in [2.45, 2.75) is 13.0 Å². The van der Waals surface area contributed by atoms with E-state index in [0.29, 0.717) is 5.02 Å². The third kappa shape index (κ3) is 2.23. The number of benzene rings is 1. The first-order chi connectivity index (χ1) is 7.68. The lowest BCUT2D eigenvalue weighted by Gasteiger charge is -2.13. The second-order valence-electron chi connectivity index (χ2n) is 3.73. The van der Waals surface area contributed by atoms with Crippen LogP contribution >= 0.6 is 11.6 Å². The summed E-state index contributed by atoms with van der Waals surface area (Å²) in [5.41, 5.74) is 9.02. The molecule has 2 aromatic rings. The van der Waals surface area contributed by atoms with Gasteiger partial charge in [-0.2, -0.15) is 0 Å². The lowest BCUT2D eigenvalue weighted by Crippen LogP contribution is -2.12. The van der Waals surface area contributed by atoms with E-state index in [1.807, 2.05) is 43.3 Å². The molecule has 0 aliphatic carbocycles. The van der Waals surface area contributed by atoms with Gasteiger partial charge in [0.05, 0.1) is 6.04 Å². The molecule has 3 heteroatoms. The van der Waals surface area contributed by atoms with E-state index < -0.39 is 0 Å². The van der Waals surface area contributed by atoms with Crippen molar-refractivity contribution in [3.05, 3.63) is 64.4 Å². The molecule has 2 N–H and O–H groups in total. The van der Waals surface area contributed by atoms with E-state index in [9.17, 15) is 0 Å². The van der Waals surface area contributed by atoms with Gasteiger partial charge in [-0.3, -0.25) is 4.98 Å². The number of hydrogen-bond acceptors (Lipinski definition) is 2. The third-order valence-electron chi connectivity index (χ3n) is 2.53. The Kier molecular flexibility index (Phi) is 3.22. The maximum absolute atomic E-state index is 6.14. The predicted molar refractivity (Wildman–Crippen MR) is 66.5 cm³/mol. The Balaban J connectivity index is 2.35. The summed E-state index contributed by atoms with van der Waals surface area (Å²) in [7, 11) is 0. The van der Waals surface area contributed by atoms with Crippen LogP contribution in [0.5, 0.6) is 0 Å². The largest absolute Gasteiger partial charge is 0.320 e. The lowest BCUT2D eigenvalue weighted by atomic mass is 10.0. The molecule has 0 aliphatic rings. The maximum atomic E-state index is 6.14. The summed E-state index contributed by atoms with van der Waals surface area (Å²) in [5.74, 6) is 0. The van der Waals surface area contributed by atoms with Crippen molar-refractivity contribution < 1.29 is 0 Å². The summed E-state index contributed by atoms with van der Waals surface area (Å²) < 4.78 is 0. The molecule has 0 aliphatic heterocycles. The van der Waals surface area contributed by atoms with Gasteiger partial charge in [0.2, 0.25) is 0 Å². The zero-order valence-electron chi connectivity index (χ0n) is 9.02. The fourth-order valence-electron chi connectivity index (χ4n) is 1.57. The van der Waals surface area contributed by atoms with E-state index in [2.05, 4.69) is 4.98 Å². The second kappa shape index (κ2) is 4.64. The van der Waals surface area contributed by atoms with Gasteiger partial charge in [-0.15, -0.1) is 0 Å². The zero-order valence-corrected chi connectivity index (χ0v) is 9.78. The Hall–Kier alpha value is -1.38. The molecule has 1 atom stereocenters. The molecule has 16 heavy (non-hydrogen) atoms. The molecule has 0 amide bonds. The summed E-state index contributed by atoms with van der Waals surface area (Å²) in [6.07, 6.45) is 1.79. The Morgan fingerprint density at radius 1 is 1.19 bits per heavy atom. The fraction of sp³-hybridized carbons (Fsp3) is 0.154. The number of pyridine rings is 1. The Morgan fingerprint density at radius 3 is 2.56 bits per heavy atom. The topological polar surface area (TPSA) is 38.9 Å². The van der Waals surface area contributed by atoms with Gasteiger partial charge in [-0.1, -0.05) is 35.9 Å². The number of aryl methyl sites for hydroxylation is 1. The van der Waals surface area contributed by atoms with E-state index >= 15 is 0 Å². The van der Waals surface area contributed by atoms with Crippen molar-refractivity contribution in [3.8, 4) is 0 Å². The summed E-state index contributed by atoms with van der Waals surface area (Å²) in [5, 5.41) is 0.690. The van der Waals surface area contributed by atoms with Gasteiger partial charge < -0.3 is 5.73 Å². The highest BCUT2D eigenvalue weighted by atomic mass is 35.5. The normalized spacial score (nSPS) is 12.4. The smallest absolute Gasteiger partial charge is 0.0581 e. The van der Waals surface area contributed by atoms with Gasteiger partial charge in [-0.05, 0) is 30.2 Å². The van der Waals surface area contributed by atoms with E-state index in [4.69, 9.17) is 17.3 Å². The van der Waals surface area contributed by atoms with Crippen LogP contribution in [0.15, 0.2) is 42.6 Å². The SMILES string of the molecule is Cc1ccc(C(N)c2ccccc2Cl)cn1. The molecule has 1 heterocycles. The third-order valence-corrected chi connectivity index (χ3v) is 2.88. The van der Waals surface area contributed by atoms with Gasteiger partial charge >= 0.3 is 0 Å². The standard InChI is InChI=1S/C13H13ClN2/c1-9-6-7-10(8-16-9)13(15)11-4-2-3-5-12(11)14/h2-8,13H,15H2,1H3. The second-order valence-corrected chi connectivity index (χ2v) is 4.14. The molecule has 2 rings (SSSR count). The van der Waals surface area contributed by atoms with Crippen molar-refractivity contribution in [1.82, 2.24) is 4.98 Å². The number of nitrogens with two attached hydrogens (primary N) is 1. The highest BCUT2D eigenvalue weighted by Crippen LogP contribution is 2.25. The first kappa shape index (κ1) is 11.1. The molecule has 1 aromatic heterocycles. The zero-order chi connectivity index (χ0) is 11.5. The van der Waals surface area contributed by atoms with Crippen LogP contribution in [-0.2, 0) is 0 Å². The number of halogens is 1. The number of aromatic nitrogens is 1. The Labute approximate surface area is 100 Å². The predicted octanol–water partition coefficient (Wildman–Crippen LogP) is 3.09. The number of rotatable bonds is 2. The monoisotopic (exact) mass is 232 g/mol. The van der Waals surface area contributed by atoms with Crippen LogP contribution in [0.2, 0.25) is 5.02 Å². The summed E-state index contributed by atoms with van der Waals surface area (Å²) in [6.45, 7) is 1.95. The minimum absolute atomic E-state index is 0.221. The van der Waals surface area contributed by atoms with Crippen molar-refractivity contribution in [2.75, 3.05) is 0 Å². The maximum Gasteiger partial charge on any atom is 0.0581 e. The van der Waals surface area contributed by atoms with Gasteiger partial charge in [0.1, 0.15) is 0 Å². The quantitative estimate of drug-likeness (QED) is 0.864. The molecule has 0 spiro atoms. The van der Waals surface area contributed by atoms with E-state index in [0.717, 1.165) is 16.8 Å². The first-order valence-electron chi connectivity index (χ1n) is 5.11. The van der Waals surface area contributed by atoms with Crippen LogP contribution in [-0.4, -0.2) is 4.98 Å². The van der Waals surface area contributed by atoms with Crippen LogP contribution in [0.1, 0.15) is 22.9 Å². The summed E-state index contributed by atoms with van der Waals surface area (Å²) >= 11 is 6.10. The van der Waals surface area contributed by atoms with Crippen LogP contribution < -0.4 is 5.73 Å². The minimum Gasteiger partial charge on any atom is -0.320 e. The molecule has 0 saturated heterocycles. The molecule has 2 nitrogen and oxygen atoms in total. The average Bonchev–Trinajstić information content (AvgIpc) is 2.30. The van der Waals surface area contributed by atoms with Crippen molar-refractivity contribution in [1.29, 1.82) is 0 Å². The molecule has 0 bridgehead atoms. The van der Waals surface area contributed by atoms with Crippen molar-refractivity contribution in [2.24, 2.45) is 5.73 Å².